The Balaban J connectivity index is 2.70. The second-order valence-electron chi connectivity index (χ2n) is 4.47. The zero-order valence-electron chi connectivity index (χ0n) is 12.1. The molecular formula is C14H21N5. The zero-order valence-corrected chi connectivity index (χ0v) is 12.1. The summed E-state index contributed by atoms with van der Waals surface area (Å²) in [5.41, 5.74) is 5.27. The molecule has 0 aliphatic heterocycles. The summed E-state index contributed by atoms with van der Waals surface area (Å²) in [7, 11) is 5.77. The second-order valence-corrected chi connectivity index (χ2v) is 4.47. The monoisotopic (exact) mass is 259 g/mol. The normalized spacial score (nSPS) is 10.4. The van der Waals surface area contributed by atoms with Gasteiger partial charge < -0.3 is 16.0 Å². The smallest absolute Gasteiger partial charge is 0.110 e. The highest BCUT2D eigenvalue weighted by atomic mass is 15.1. The SMILES string of the molecule is CNc1cc(NC)c(-n2cc(C)nc2C)c(NC)c1. The van der Waals surface area contributed by atoms with Gasteiger partial charge in [0.1, 0.15) is 5.82 Å². The molecule has 0 bridgehead atoms. The van der Waals surface area contributed by atoms with Crippen molar-refractivity contribution in [3.63, 3.8) is 0 Å². The summed E-state index contributed by atoms with van der Waals surface area (Å²) in [4.78, 5) is 4.47. The van der Waals surface area contributed by atoms with Gasteiger partial charge in [0.05, 0.1) is 22.8 Å². The molecule has 19 heavy (non-hydrogen) atoms. The summed E-state index contributed by atoms with van der Waals surface area (Å²) in [6.45, 7) is 4.02. The standard InChI is InChI=1S/C14H21N5/c1-9-8-19(10(2)18-9)14-12(16-4)6-11(15-3)7-13(14)17-5/h6-8,15-17H,1-5H3. The van der Waals surface area contributed by atoms with Crippen LogP contribution in [0, 0.1) is 13.8 Å². The van der Waals surface area contributed by atoms with Gasteiger partial charge in [0.25, 0.3) is 0 Å². The molecule has 0 radical (unpaired) electrons. The molecule has 2 aromatic rings. The third-order valence-electron chi connectivity index (χ3n) is 3.18. The number of rotatable bonds is 4. The van der Waals surface area contributed by atoms with E-state index in [4.69, 9.17) is 0 Å². The fraction of sp³-hybridized carbons (Fsp3) is 0.357. The van der Waals surface area contributed by atoms with Crippen molar-refractivity contribution >= 4 is 17.1 Å². The maximum absolute atomic E-state index is 4.47. The van der Waals surface area contributed by atoms with E-state index >= 15 is 0 Å². The van der Waals surface area contributed by atoms with Crippen molar-refractivity contribution in [1.29, 1.82) is 0 Å². The molecule has 0 aliphatic carbocycles. The van der Waals surface area contributed by atoms with Gasteiger partial charge >= 0.3 is 0 Å². The predicted octanol–water partition coefficient (Wildman–Crippen LogP) is 2.61. The molecule has 1 aromatic carbocycles. The minimum Gasteiger partial charge on any atom is -0.388 e. The number of benzene rings is 1. The average Bonchev–Trinajstić information content (AvgIpc) is 2.75. The number of hydrogen-bond acceptors (Lipinski definition) is 4. The fourth-order valence-electron chi connectivity index (χ4n) is 2.26. The first-order chi connectivity index (χ1) is 9.10. The lowest BCUT2D eigenvalue weighted by molar-refractivity contribution is 0.975. The first-order valence-electron chi connectivity index (χ1n) is 6.35. The van der Waals surface area contributed by atoms with Gasteiger partial charge in [0, 0.05) is 33.0 Å². The molecule has 0 fully saturated rings. The highest BCUT2D eigenvalue weighted by molar-refractivity contribution is 5.80. The van der Waals surface area contributed by atoms with Crippen molar-refractivity contribution in [2.45, 2.75) is 13.8 Å². The van der Waals surface area contributed by atoms with Gasteiger partial charge in [-0.2, -0.15) is 0 Å². The molecule has 3 N–H and O–H groups in total. The third kappa shape index (κ3) is 2.36. The van der Waals surface area contributed by atoms with Crippen LogP contribution < -0.4 is 16.0 Å². The highest BCUT2D eigenvalue weighted by Crippen LogP contribution is 2.33. The van der Waals surface area contributed by atoms with E-state index in [1.807, 2.05) is 41.2 Å². The van der Waals surface area contributed by atoms with E-state index in [9.17, 15) is 0 Å². The van der Waals surface area contributed by atoms with E-state index in [1.54, 1.807) is 0 Å². The number of imidazole rings is 1. The van der Waals surface area contributed by atoms with Crippen molar-refractivity contribution in [3.8, 4) is 5.69 Å². The third-order valence-corrected chi connectivity index (χ3v) is 3.18. The number of aryl methyl sites for hydroxylation is 2. The number of anilines is 3. The van der Waals surface area contributed by atoms with Gasteiger partial charge in [-0.15, -0.1) is 0 Å². The van der Waals surface area contributed by atoms with Crippen LogP contribution in [0.15, 0.2) is 18.3 Å². The van der Waals surface area contributed by atoms with Crippen LogP contribution in [0.2, 0.25) is 0 Å². The Morgan fingerprint density at radius 1 is 0.947 bits per heavy atom. The quantitative estimate of drug-likeness (QED) is 0.790. The molecule has 1 heterocycles. The molecular weight excluding hydrogens is 238 g/mol. The Morgan fingerprint density at radius 2 is 1.53 bits per heavy atom. The van der Waals surface area contributed by atoms with Crippen LogP contribution >= 0.6 is 0 Å². The van der Waals surface area contributed by atoms with Gasteiger partial charge in [0.2, 0.25) is 0 Å². The molecule has 0 atom stereocenters. The van der Waals surface area contributed by atoms with Gasteiger partial charge in [0.15, 0.2) is 0 Å². The van der Waals surface area contributed by atoms with Gasteiger partial charge in [-0.05, 0) is 26.0 Å². The van der Waals surface area contributed by atoms with Crippen molar-refractivity contribution in [3.05, 3.63) is 29.8 Å². The summed E-state index contributed by atoms with van der Waals surface area (Å²) in [6.07, 6.45) is 2.05. The minimum atomic E-state index is 0.975. The van der Waals surface area contributed by atoms with E-state index in [0.29, 0.717) is 0 Å². The largest absolute Gasteiger partial charge is 0.388 e. The highest BCUT2D eigenvalue weighted by Gasteiger charge is 2.13. The Bertz CT molecular complexity index is 561. The van der Waals surface area contributed by atoms with Crippen LogP contribution in [0.3, 0.4) is 0 Å². The first-order valence-corrected chi connectivity index (χ1v) is 6.35. The lowest BCUT2D eigenvalue weighted by Gasteiger charge is -2.18. The Hall–Kier alpha value is -2.17. The molecule has 5 nitrogen and oxygen atoms in total. The van der Waals surface area contributed by atoms with E-state index < -0.39 is 0 Å². The number of nitrogens with one attached hydrogen (secondary N) is 3. The van der Waals surface area contributed by atoms with E-state index in [1.165, 1.54) is 0 Å². The van der Waals surface area contributed by atoms with Crippen LogP contribution in [-0.2, 0) is 0 Å². The van der Waals surface area contributed by atoms with Crippen molar-refractivity contribution in [2.75, 3.05) is 37.1 Å². The Kier molecular flexibility index (Phi) is 3.64. The lowest BCUT2D eigenvalue weighted by atomic mass is 10.2. The van der Waals surface area contributed by atoms with Gasteiger partial charge in [-0.25, -0.2) is 4.98 Å². The molecule has 5 heteroatoms. The molecule has 102 valence electrons. The second kappa shape index (κ2) is 5.22. The van der Waals surface area contributed by atoms with Crippen molar-refractivity contribution in [1.82, 2.24) is 9.55 Å². The number of nitrogens with zero attached hydrogens (tertiary/aromatic N) is 2. The van der Waals surface area contributed by atoms with Crippen LogP contribution in [0.4, 0.5) is 17.1 Å². The molecule has 0 aliphatic rings. The van der Waals surface area contributed by atoms with E-state index in [0.717, 1.165) is 34.3 Å². The maximum Gasteiger partial charge on any atom is 0.110 e. The molecule has 0 saturated heterocycles. The minimum absolute atomic E-state index is 0.975. The van der Waals surface area contributed by atoms with E-state index in [2.05, 4.69) is 37.6 Å². The topological polar surface area (TPSA) is 53.9 Å². The number of hydrogen-bond donors (Lipinski definition) is 3. The summed E-state index contributed by atoms with van der Waals surface area (Å²) in [5.74, 6) is 0.975. The fourth-order valence-corrected chi connectivity index (χ4v) is 2.26. The average molecular weight is 259 g/mol. The molecule has 1 aromatic heterocycles. The van der Waals surface area contributed by atoms with Gasteiger partial charge in [-0.3, -0.25) is 4.57 Å². The first kappa shape index (κ1) is 13.3. The van der Waals surface area contributed by atoms with Crippen LogP contribution in [0.5, 0.6) is 0 Å². The molecule has 0 amide bonds. The Morgan fingerprint density at radius 3 is 1.89 bits per heavy atom. The van der Waals surface area contributed by atoms with Crippen molar-refractivity contribution in [2.24, 2.45) is 0 Å². The molecule has 0 unspecified atom stereocenters. The Labute approximate surface area is 114 Å². The van der Waals surface area contributed by atoms with Gasteiger partial charge in [-0.1, -0.05) is 0 Å². The molecule has 2 rings (SSSR count). The van der Waals surface area contributed by atoms with Crippen LogP contribution in [0.1, 0.15) is 11.5 Å². The number of aromatic nitrogens is 2. The lowest BCUT2D eigenvalue weighted by Crippen LogP contribution is -2.06. The summed E-state index contributed by atoms with van der Waals surface area (Å²) < 4.78 is 2.10. The maximum atomic E-state index is 4.47. The van der Waals surface area contributed by atoms with E-state index in [-0.39, 0.29) is 0 Å². The summed E-state index contributed by atoms with van der Waals surface area (Å²) >= 11 is 0. The van der Waals surface area contributed by atoms with Crippen molar-refractivity contribution < 1.29 is 0 Å². The summed E-state index contributed by atoms with van der Waals surface area (Å²) in [5, 5.41) is 9.67. The zero-order chi connectivity index (χ0) is 14.0. The molecule has 0 saturated carbocycles. The van der Waals surface area contributed by atoms with Crippen LogP contribution in [-0.4, -0.2) is 30.7 Å². The predicted molar refractivity (Wildman–Crippen MR) is 81.7 cm³/mol. The molecule has 0 spiro atoms. The van der Waals surface area contributed by atoms with Crippen LogP contribution in [0.25, 0.3) is 5.69 Å². The summed E-state index contributed by atoms with van der Waals surface area (Å²) in [6, 6.07) is 4.18.